The number of aromatic nitrogens is 3. The van der Waals surface area contributed by atoms with E-state index in [-0.39, 0.29) is 17.9 Å². The number of hydrogen-bond acceptors (Lipinski definition) is 6. The number of aliphatic hydroxyl groups excluding tert-OH is 1. The maximum absolute atomic E-state index is 14.1. The third-order valence-corrected chi connectivity index (χ3v) is 8.29. The second kappa shape index (κ2) is 10.3. The first-order chi connectivity index (χ1) is 19.2. The van der Waals surface area contributed by atoms with E-state index in [1.165, 1.54) is 0 Å². The highest BCUT2D eigenvalue weighted by Gasteiger charge is 2.41. The highest BCUT2D eigenvalue weighted by molar-refractivity contribution is 6.32. The predicted molar refractivity (Wildman–Crippen MR) is 155 cm³/mol. The van der Waals surface area contributed by atoms with Crippen LogP contribution in [-0.4, -0.2) is 61.4 Å². The maximum Gasteiger partial charge on any atom is 0.275 e. The lowest BCUT2D eigenvalue weighted by Gasteiger charge is -2.44. The molecule has 2 atom stereocenters. The number of benzene rings is 1. The third-order valence-electron chi connectivity index (χ3n) is 7.74. The summed E-state index contributed by atoms with van der Waals surface area (Å²) in [6, 6.07) is 9.51. The zero-order chi connectivity index (χ0) is 28.2. The van der Waals surface area contributed by atoms with Gasteiger partial charge in [0.05, 0.1) is 35.7 Å². The number of pyridine rings is 1. The van der Waals surface area contributed by atoms with Crippen LogP contribution in [0.15, 0.2) is 53.7 Å². The Kier molecular flexibility index (Phi) is 6.89. The molecule has 1 fully saturated rings. The van der Waals surface area contributed by atoms with Gasteiger partial charge in [0.2, 0.25) is 0 Å². The van der Waals surface area contributed by atoms with Gasteiger partial charge in [-0.15, -0.1) is 11.6 Å². The molecule has 10 heteroatoms. The third kappa shape index (κ3) is 4.68. The van der Waals surface area contributed by atoms with Crippen LogP contribution in [-0.2, 0) is 6.61 Å². The normalized spacial score (nSPS) is 21.5. The van der Waals surface area contributed by atoms with Crippen LogP contribution in [0.3, 0.4) is 0 Å². The van der Waals surface area contributed by atoms with Crippen LogP contribution in [0.4, 0.5) is 0 Å². The highest BCUT2D eigenvalue weighted by Crippen LogP contribution is 2.46. The molecular weight excluding hydrogens is 551 g/mol. The molecule has 1 aliphatic carbocycles. The molecular formula is C30H30Cl2N4O4. The van der Waals surface area contributed by atoms with Crippen molar-refractivity contribution in [3.05, 3.63) is 65.0 Å². The fourth-order valence-electron chi connectivity index (χ4n) is 5.83. The highest BCUT2D eigenvalue weighted by atomic mass is 35.5. The number of allylic oxidation sites excluding steroid dienone is 4. The van der Waals surface area contributed by atoms with Crippen molar-refractivity contribution >= 4 is 34.8 Å². The van der Waals surface area contributed by atoms with Gasteiger partial charge in [0.15, 0.2) is 5.69 Å². The van der Waals surface area contributed by atoms with Crippen molar-refractivity contribution in [2.75, 3.05) is 13.7 Å². The van der Waals surface area contributed by atoms with Gasteiger partial charge >= 0.3 is 0 Å². The Morgan fingerprint density at radius 3 is 2.77 bits per heavy atom. The molecule has 3 aromatic rings. The molecule has 3 aliphatic rings. The molecule has 40 heavy (non-hydrogen) atoms. The summed E-state index contributed by atoms with van der Waals surface area (Å²) in [6.07, 6.45) is 6.55. The number of carbonyl (C=O) groups is 1. The fraction of sp³-hybridized carbons (Fsp3) is 0.367. The Bertz CT molecular complexity index is 1550. The van der Waals surface area contributed by atoms with E-state index in [9.17, 15) is 9.90 Å². The van der Waals surface area contributed by atoms with Crippen molar-refractivity contribution in [1.82, 2.24) is 19.7 Å². The average molecular weight is 582 g/mol. The molecule has 1 amide bonds. The minimum absolute atomic E-state index is 0.154. The van der Waals surface area contributed by atoms with Gasteiger partial charge in [0, 0.05) is 52.5 Å². The lowest BCUT2D eigenvalue weighted by Crippen LogP contribution is -2.54. The summed E-state index contributed by atoms with van der Waals surface area (Å²) in [6.45, 7) is 4.53. The Morgan fingerprint density at radius 2 is 2.08 bits per heavy atom. The number of methoxy groups -OCH3 is 1. The maximum atomic E-state index is 14.1. The number of aliphatic hydroxyl groups is 1. The fourth-order valence-corrected chi connectivity index (χ4v) is 6.49. The quantitative estimate of drug-likeness (QED) is 0.388. The molecule has 208 valence electrons. The van der Waals surface area contributed by atoms with E-state index < -0.39 is 11.6 Å². The second-order valence-electron chi connectivity index (χ2n) is 11.0. The zero-order valence-electron chi connectivity index (χ0n) is 22.5. The molecule has 2 aliphatic heterocycles. The first-order valence-electron chi connectivity index (χ1n) is 13.3. The van der Waals surface area contributed by atoms with Crippen molar-refractivity contribution in [2.24, 2.45) is 0 Å². The predicted octanol–water partition coefficient (Wildman–Crippen LogP) is 5.86. The van der Waals surface area contributed by atoms with Crippen molar-refractivity contribution in [3.63, 3.8) is 0 Å². The summed E-state index contributed by atoms with van der Waals surface area (Å²) >= 11 is 13.0. The van der Waals surface area contributed by atoms with Crippen LogP contribution < -0.4 is 9.47 Å². The molecule has 0 saturated carbocycles. The van der Waals surface area contributed by atoms with E-state index in [4.69, 9.17) is 37.8 Å². The van der Waals surface area contributed by atoms with Crippen LogP contribution in [0.25, 0.3) is 28.2 Å². The number of fused-ring (bicyclic) bond motifs is 3. The van der Waals surface area contributed by atoms with E-state index in [1.54, 1.807) is 22.9 Å². The van der Waals surface area contributed by atoms with Gasteiger partial charge in [-0.2, -0.15) is 5.10 Å². The van der Waals surface area contributed by atoms with Gasteiger partial charge < -0.3 is 19.5 Å². The first-order valence-corrected chi connectivity index (χ1v) is 14.1. The molecule has 8 nitrogen and oxygen atoms in total. The minimum atomic E-state index is -0.535. The Morgan fingerprint density at radius 1 is 1.25 bits per heavy atom. The van der Waals surface area contributed by atoms with Gasteiger partial charge in [-0.05, 0) is 57.0 Å². The molecule has 2 aromatic heterocycles. The monoisotopic (exact) mass is 580 g/mol. The lowest BCUT2D eigenvalue weighted by atomic mass is 9.88. The summed E-state index contributed by atoms with van der Waals surface area (Å²) in [5.74, 6) is 1.03. The van der Waals surface area contributed by atoms with E-state index in [2.05, 4.69) is 4.98 Å². The van der Waals surface area contributed by atoms with Crippen molar-refractivity contribution < 1.29 is 19.4 Å². The minimum Gasteiger partial charge on any atom is -0.496 e. The van der Waals surface area contributed by atoms with Crippen LogP contribution in [0, 0.1) is 0 Å². The molecule has 6 rings (SSSR count). The average Bonchev–Trinajstić information content (AvgIpc) is 3.32. The summed E-state index contributed by atoms with van der Waals surface area (Å²) in [5, 5.41) is 15.5. The number of rotatable bonds is 4. The Hall–Kier alpha value is -3.33. The summed E-state index contributed by atoms with van der Waals surface area (Å²) in [5.41, 5.74) is 4.15. The Balaban J connectivity index is 1.56. The summed E-state index contributed by atoms with van der Waals surface area (Å²) in [4.78, 5) is 20.5. The van der Waals surface area contributed by atoms with Crippen LogP contribution >= 0.6 is 23.2 Å². The number of hydrogen-bond donors (Lipinski definition) is 1. The first kappa shape index (κ1) is 26.9. The number of alkyl halides is 1. The van der Waals surface area contributed by atoms with Crippen LogP contribution in [0.1, 0.15) is 49.2 Å². The number of amides is 1. The molecule has 2 unspecified atom stereocenters. The molecule has 1 saturated heterocycles. The van der Waals surface area contributed by atoms with E-state index in [1.807, 2.05) is 56.3 Å². The summed E-state index contributed by atoms with van der Waals surface area (Å²) in [7, 11) is 1.61. The number of likely N-dealkylation sites (tertiary alicyclic amines) is 1. The molecule has 0 radical (unpaired) electrons. The van der Waals surface area contributed by atoms with Gasteiger partial charge in [0.1, 0.15) is 18.1 Å². The zero-order valence-corrected chi connectivity index (χ0v) is 24.0. The standard InChI is InChI=1S/C30H30Cl2N4O4/c1-30(2)15-20(37)7-9-35(30)29(38)27-23-16-40-26-14-25(39-3)21(24-6-4-5-8-33-24)13-22(26)28(23)36(34-27)19-11-17(31)10-18(32)12-19/h4-6,8,11-14,17,20,37H,7,9-10,15-16H2,1-3H3. The summed E-state index contributed by atoms with van der Waals surface area (Å²) < 4.78 is 13.7. The van der Waals surface area contributed by atoms with E-state index in [0.717, 1.165) is 22.5 Å². The van der Waals surface area contributed by atoms with Gasteiger partial charge in [-0.1, -0.05) is 17.7 Å². The molecule has 0 bridgehead atoms. The van der Waals surface area contributed by atoms with Crippen LogP contribution in [0.5, 0.6) is 11.5 Å². The molecule has 1 aromatic carbocycles. The topological polar surface area (TPSA) is 89.7 Å². The molecule has 1 N–H and O–H groups in total. The SMILES string of the molecule is COc1cc2c(cc1-c1ccccn1)-c1c(c(C(=O)N3CCC(O)CC3(C)C)nn1C1=CC(Cl)CC(Cl)=C1)CO2. The lowest BCUT2D eigenvalue weighted by molar-refractivity contribution is 0.00276. The van der Waals surface area contributed by atoms with Gasteiger partial charge in [-0.3, -0.25) is 9.78 Å². The van der Waals surface area contributed by atoms with Crippen molar-refractivity contribution in [1.29, 1.82) is 0 Å². The number of halogens is 2. The van der Waals surface area contributed by atoms with E-state index >= 15 is 0 Å². The number of piperidine rings is 1. The van der Waals surface area contributed by atoms with E-state index in [0.29, 0.717) is 59.3 Å². The number of nitrogens with zero attached hydrogens (tertiary/aromatic N) is 4. The Labute approximate surface area is 242 Å². The second-order valence-corrected chi connectivity index (χ2v) is 12.0. The van der Waals surface area contributed by atoms with Gasteiger partial charge in [-0.25, -0.2) is 4.68 Å². The molecule has 4 heterocycles. The van der Waals surface area contributed by atoms with Crippen molar-refractivity contribution in [3.8, 4) is 34.0 Å². The number of ether oxygens (including phenoxy) is 2. The smallest absolute Gasteiger partial charge is 0.275 e. The number of carbonyl (C=O) groups excluding carboxylic acids is 1. The van der Waals surface area contributed by atoms with Crippen molar-refractivity contribution in [2.45, 2.75) is 56.7 Å². The largest absolute Gasteiger partial charge is 0.496 e. The molecule has 0 spiro atoms. The van der Waals surface area contributed by atoms with Crippen LogP contribution in [0.2, 0.25) is 0 Å². The van der Waals surface area contributed by atoms with Gasteiger partial charge in [0.25, 0.3) is 5.91 Å².